The van der Waals surface area contributed by atoms with Gasteiger partial charge in [-0.25, -0.2) is 9.97 Å². The number of carbonyl (C=O) groups is 1. The number of amides is 1. The average molecular weight is 323 g/mol. The fourth-order valence-electron chi connectivity index (χ4n) is 2.14. The van der Waals surface area contributed by atoms with Crippen LogP contribution in [0.3, 0.4) is 0 Å². The van der Waals surface area contributed by atoms with Crippen molar-refractivity contribution in [3.63, 3.8) is 0 Å². The van der Waals surface area contributed by atoms with E-state index in [0.717, 1.165) is 11.3 Å². The van der Waals surface area contributed by atoms with Crippen LogP contribution >= 0.6 is 0 Å². The summed E-state index contributed by atoms with van der Waals surface area (Å²) in [5.74, 6) is 0.445. The molecule has 122 valence electrons. The highest BCUT2D eigenvalue weighted by Gasteiger charge is 2.13. The molecule has 3 aromatic rings. The van der Waals surface area contributed by atoms with Crippen LogP contribution in [-0.4, -0.2) is 22.4 Å². The summed E-state index contributed by atoms with van der Waals surface area (Å²) in [6.07, 6.45) is 3.58. The van der Waals surface area contributed by atoms with Crippen LogP contribution in [0.5, 0.6) is 0 Å². The summed E-state index contributed by atoms with van der Waals surface area (Å²) < 4.78 is 5.32. The van der Waals surface area contributed by atoms with E-state index >= 15 is 0 Å². The van der Waals surface area contributed by atoms with Crippen molar-refractivity contribution < 1.29 is 9.21 Å². The topological polar surface area (TPSA) is 120 Å². The molecule has 1 amide bonds. The summed E-state index contributed by atoms with van der Waals surface area (Å²) >= 11 is 0. The molecule has 0 spiro atoms. The number of anilines is 2. The molecule has 0 aliphatic rings. The first kappa shape index (κ1) is 15.5. The third-order valence-electron chi connectivity index (χ3n) is 3.45. The molecule has 0 atom stereocenters. The van der Waals surface area contributed by atoms with Crippen LogP contribution < -0.4 is 16.8 Å². The van der Waals surface area contributed by atoms with Crippen molar-refractivity contribution in [1.29, 1.82) is 0 Å². The van der Waals surface area contributed by atoms with Gasteiger partial charge in [0.2, 0.25) is 5.89 Å². The largest absolute Gasteiger partial charge is 0.444 e. The maximum atomic E-state index is 12.1. The van der Waals surface area contributed by atoms with Crippen LogP contribution in [0.15, 0.2) is 53.3 Å². The first-order chi connectivity index (χ1) is 11.6. The van der Waals surface area contributed by atoms with Gasteiger partial charge in [-0.05, 0) is 36.2 Å². The lowest BCUT2D eigenvalue weighted by molar-refractivity contribution is 0.0949. The van der Waals surface area contributed by atoms with Gasteiger partial charge in [0.15, 0.2) is 5.69 Å². The molecule has 0 radical (unpaired) electrons. The minimum Gasteiger partial charge on any atom is -0.444 e. The molecule has 0 unspecified atom stereocenters. The van der Waals surface area contributed by atoms with Gasteiger partial charge < -0.3 is 21.2 Å². The number of nitrogens with one attached hydrogen (secondary N) is 1. The van der Waals surface area contributed by atoms with E-state index in [9.17, 15) is 4.79 Å². The standard InChI is InChI=1S/C17H17N5O2/c18-13-4-1-11(2-5-13)7-8-20-16(23)14-10-24-17(22-14)12-3-6-15(19)21-9-12/h1-6,9-10H,7-8,18H2,(H2,19,21)(H,20,23). The molecule has 0 bridgehead atoms. The zero-order valence-corrected chi connectivity index (χ0v) is 12.9. The molecule has 3 rings (SSSR count). The van der Waals surface area contributed by atoms with E-state index in [1.807, 2.05) is 24.3 Å². The third-order valence-corrected chi connectivity index (χ3v) is 3.45. The summed E-state index contributed by atoms with van der Waals surface area (Å²) in [7, 11) is 0. The maximum absolute atomic E-state index is 12.1. The van der Waals surface area contributed by atoms with Gasteiger partial charge in [0.1, 0.15) is 12.1 Å². The van der Waals surface area contributed by atoms with E-state index < -0.39 is 0 Å². The van der Waals surface area contributed by atoms with Crippen LogP contribution in [-0.2, 0) is 6.42 Å². The van der Waals surface area contributed by atoms with Crippen LogP contribution in [0, 0.1) is 0 Å². The Morgan fingerprint density at radius 2 is 1.92 bits per heavy atom. The van der Waals surface area contributed by atoms with Gasteiger partial charge in [-0.15, -0.1) is 0 Å². The van der Waals surface area contributed by atoms with Crippen LogP contribution in [0.1, 0.15) is 16.1 Å². The molecule has 0 aliphatic heterocycles. The minimum atomic E-state index is -0.288. The van der Waals surface area contributed by atoms with Gasteiger partial charge in [-0.1, -0.05) is 12.1 Å². The van der Waals surface area contributed by atoms with E-state index in [2.05, 4.69) is 15.3 Å². The van der Waals surface area contributed by atoms with Gasteiger partial charge in [0, 0.05) is 18.4 Å². The number of nitrogen functional groups attached to an aromatic ring is 2. The Morgan fingerprint density at radius 1 is 1.12 bits per heavy atom. The Labute approximate surface area is 138 Å². The Kier molecular flexibility index (Phi) is 4.42. The highest BCUT2D eigenvalue weighted by atomic mass is 16.3. The summed E-state index contributed by atoms with van der Waals surface area (Å²) in [5.41, 5.74) is 13.9. The number of carbonyl (C=O) groups excluding carboxylic acids is 1. The second kappa shape index (κ2) is 6.82. The fraction of sp³-hybridized carbons (Fsp3) is 0.118. The van der Waals surface area contributed by atoms with Crippen molar-refractivity contribution in [3.05, 3.63) is 60.1 Å². The molecule has 2 aromatic heterocycles. The maximum Gasteiger partial charge on any atom is 0.273 e. The zero-order chi connectivity index (χ0) is 16.9. The molecule has 2 heterocycles. The second-order valence-electron chi connectivity index (χ2n) is 5.26. The van der Waals surface area contributed by atoms with Crippen molar-refractivity contribution in [1.82, 2.24) is 15.3 Å². The Morgan fingerprint density at radius 3 is 2.62 bits per heavy atom. The molecule has 0 saturated carbocycles. The normalized spacial score (nSPS) is 10.5. The number of pyridine rings is 1. The van der Waals surface area contributed by atoms with Gasteiger partial charge >= 0.3 is 0 Å². The highest BCUT2D eigenvalue weighted by molar-refractivity contribution is 5.92. The summed E-state index contributed by atoms with van der Waals surface area (Å²) in [6, 6.07) is 10.9. The summed E-state index contributed by atoms with van der Waals surface area (Å²) in [6.45, 7) is 0.494. The Hall–Kier alpha value is -3.35. The highest BCUT2D eigenvalue weighted by Crippen LogP contribution is 2.18. The molecular weight excluding hydrogens is 306 g/mol. The van der Waals surface area contributed by atoms with Crippen LogP contribution in [0.4, 0.5) is 11.5 Å². The number of benzene rings is 1. The van der Waals surface area contributed by atoms with Gasteiger partial charge in [-0.2, -0.15) is 0 Å². The number of nitrogens with two attached hydrogens (primary N) is 2. The zero-order valence-electron chi connectivity index (χ0n) is 12.9. The number of rotatable bonds is 5. The van der Waals surface area contributed by atoms with Crippen molar-refractivity contribution >= 4 is 17.4 Å². The molecule has 7 heteroatoms. The Balaban J connectivity index is 1.57. The predicted octanol–water partition coefficient (Wildman–Crippen LogP) is 1.87. The second-order valence-corrected chi connectivity index (χ2v) is 5.26. The first-order valence-electron chi connectivity index (χ1n) is 7.42. The third kappa shape index (κ3) is 3.70. The number of aromatic nitrogens is 2. The van der Waals surface area contributed by atoms with Crippen LogP contribution in [0.2, 0.25) is 0 Å². The molecule has 0 fully saturated rings. The lowest BCUT2D eigenvalue weighted by atomic mass is 10.1. The van der Waals surface area contributed by atoms with E-state index in [1.54, 1.807) is 18.3 Å². The minimum absolute atomic E-state index is 0.221. The smallest absolute Gasteiger partial charge is 0.273 e. The van der Waals surface area contributed by atoms with Crippen molar-refractivity contribution in [2.24, 2.45) is 0 Å². The first-order valence-corrected chi connectivity index (χ1v) is 7.42. The number of nitrogens with zero attached hydrogens (tertiary/aromatic N) is 2. The number of hydrogen-bond donors (Lipinski definition) is 3. The SMILES string of the molecule is Nc1ccc(CCNC(=O)c2coc(-c3ccc(N)nc3)n2)cc1. The molecule has 24 heavy (non-hydrogen) atoms. The lowest BCUT2D eigenvalue weighted by Gasteiger charge is -2.03. The van der Waals surface area contributed by atoms with E-state index in [0.29, 0.717) is 30.2 Å². The lowest BCUT2D eigenvalue weighted by Crippen LogP contribution is -2.25. The van der Waals surface area contributed by atoms with Crippen molar-refractivity contribution in [3.8, 4) is 11.5 Å². The average Bonchev–Trinajstić information content (AvgIpc) is 3.07. The van der Waals surface area contributed by atoms with E-state index in [1.165, 1.54) is 6.26 Å². The number of hydrogen-bond acceptors (Lipinski definition) is 6. The quantitative estimate of drug-likeness (QED) is 0.617. The number of oxazole rings is 1. The fourth-order valence-corrected chi connectivity index (χ4v) is 2.14. The summed E-state index contributed by atoms with van der Waals surface area (Å²) in [4.78, 5) is 20.2. The molecule has 7 nitrogen and oxygen atoms in total. The molecule has 0 aliphatic carbocycles. The molecule has 1 aromatic carbocycles. The van der Waals surface area contributed by atoms with Gasteiger partial charge in [-0.3, -0.25) is 4.79 Å². The molecular formula is C17H17N5O2. The van der Waals surface area contributed by atoms with Crippen molar-refractivity contribution in [2.75, 3.05) is 18.0 Å². The molecule has 0 saturated heterocycles. The van der Waals surface area contributed by atoms with Crippen LogP contribution in [0.25, 0.3) is 11.5 Å². The summed E-state index contributed by atoms with van der Waals surface area (Å²) in [5, 5.41) is 2.81. The predicted molar refractivity (Wildman–Crippen MR) is 91.0 cm³/mol. The molecule has 5 N–H and O–H groups in total. The van der Waals surface area contributed by atoms with Crippen molar-refractivity contribution in [2.45, 2.75) is 6.42 Å². The van der Waals surface area contributed by atoms with Gasteiger partial charge in [0.05, 0.1) is 5.56 Å². The van der Waals surface area contributed by atoms with E-state index in [4.69, 9.17) is 15.9 Å². The van der Waals surface area contributed by atoms with E-state index in [-0.39, 0.29) is 11.6 Å². The Bertz CT molecular complexity index is 825. The van der Waals surface area contributed by atoms with Gasteiger partial charge in [0.25, 0.3) is 5.91 Å². The monoisotopic (exact) mass is 323 g/mol.